The number of unbranched alkanes of at least 4 members (excludes halogenated alkanes) is 1. The van der Waals surface area contributed by atoms with Gasteiger partial charge in [-0.1, -0.05) is 13.3 Å². The Morgan fingerprint density at radius 2 is 1.80 bits per heavy atom. The highest BCUT2D eigenvalue weighted by Crippen LogP contribution is 2.09. The van der Waals surface area contributed by atoms with Crippen LogP contribution in [0.25, 0.3) is 0 Å². The van der Waals surface area contributed by atoms with Crippen molar-refractivity contribution < 1.29 is 8.42 Å². The quantitative estimate of drug-likeness (QED) is 0.697. The van der Waals surface area contributed by atoms with E-state index >= 15 is 0 Å². The topological polar surface area (TPSA) is 40.6 Å². The lowest BCUT2D eigenvalue weighted by atomic mass is 10.4. The lowest BCUT2D eigenvalue weighted by Crippen LogP contribution is -2.49. The van der Waals surface area contributed by atoms with Crippen LogP contribution in [0.15, 0.2) is 0 Å². The van der Waals surface area contributed by atoms with Crippen molar-refractivity contribution in [2.45, 2.75) is 19.8 Å². The fourth-order valence-electron chi connectivity index (χ4n) is 1.69. The zero-order valence-electron chi connectivity index (χ0n) is 9.48. The Hall–Kier alpha value is -0.130. The predicted molar refractivity (Wildman–Crippen MR) is 62.1 cm³/mol. The van der Waals surface area contributed by atoms with E-state index in [4.69, 9.17) is 0 Å². The van der Waals surface area contributed by atoms with Crippen molar-refractivity contribution in [2.24, 2.45) is 0 Å². The molecule has 0 saturated carbocycles. The van der Waals surface area contributed by atoms with Crippen LogP contribution in [-0.2, 0) is 10.0 Å². The van der Waals surface area contributed by atoms with Gasteiger partial charge in [-0.2, -0.15) is 4.31 Å². The van der Waals surface area contributed by atoms with E-state index in [-0.39, 0.29) is 0 Å². The van der Waals surface area contributed by atoms with Crippen LogP contribution in [0.3, 0.4) is 0 Å². The van der Waals surface area contributed by atoms with Gasteiger partial charge in [-0.3, -0.25) is 0 Å². The second-order valence-electron chi connectivity index (χ2n) is 3.91. The van der Waals surface area contributed by atoms with Crippen LogP contribution in [-0.4, -0.2) is 56.1 Å². The summed E-state index contributed by atoms with van der Waals surface area (Å²) in [7, 11) is -2.99. The lowest BCUT2D eigenvalue weighted by molar-refractivity contribution is 0.203. The van der Waals surface area contributed by atoms with Crippen molar-refractivity contribution in [1.29, 1.82) is 0 Å². The van der Waals surface area contributed by atoms with E-state index in [0.29, 0.717) is 18.8 Å². The summed E-state index contributed by atoms with van der Waals surface area (Å²) >= 11 is 0. The summed E-state index contributed by atoms with van der Waals surface area (Å²) in [4.78, 5) is 2.17. The highest BCUT2D eigenvalue weighted by atomic mass is 32.2. The molecule has 0 aliphatic carbocycles. The van der Waals surface area contributed by atoms with Crippen LogP contribution in [0.5, 0.6) is 0 Å². The summed E-state index contributed by atoms with van der Waals surface area (Å²) in [6.07, 6.45) is 1.69. The average Bonchev–Trinajstić information content (AvgIpc) is 2.26. The van der Waals surface area contributed by atoms with Crippen LogP contribution in [0.2, 0.25) is 0 Å². The molecule has 1 saturated heterocycles. The van der Waals surface area contributed by atoms with Gasteiger partial charge in [0.05, 0.1) is 5.75 Å². The van der Waals surface area contributed by atoms with E-state index in [2.05, 4.69) is 11.8 Å². The van der Waals surface area contributed by atoms with Gasteiger partial charge in [-0.25, -0.2) is 8.42 Å². The molecule has 1 radical (unpaired) electrons. The molecule has 1 rings (SSSR count). The van der Waals surface area contributed by atoms with Gasteiger partial charge in [-0.15, -0.1) is 0 Å². The SMILES string of the molecule is [CH2]CN1CCN(S(=O)(=O)CCCC)CC1. The maximum Gasteiger partial charge on any atom is 0.214 e. The number of piperazine rings is 1. The Labute approximate surface area is 93.3 Å². The van der Waals surface area contributed by atoms with Gasteiger partial charge >= 0.3 is 0 Å². The Kier molecular flexibility index (Phi) is 5.02. The minimum atomic E-state index is -2.99. The van der Waals surface area contributed by atoms with Gasteiger partial charge in [-0.05, 0) is 19.9 Å². The van der Waals surface area contributed by atoms with Gasteiger partial charge in [0.2, 0.25) is 10.0 Å². The largest absolute Gasteiger partial charge is 0.301 e. The van der Waals surface area contributed by atoms with Gasteiger partial charge in [0.1, 0.15) is 0 Å². The molecule has 0 spiro atoms. The third kappa shape index (κ3) is 3.74. The summed E-state index contributed by atoms with van der Waals surface area (Å²) in [6.45, 7) is 9.46. The molecule has 0 amide bonds. The average molecular weight is 233 g/mol. The number of hydrogen-bond acceptors (Lipinski definition) is 3. The molecule has 5 heteroatoms. The summed E-state index contributed by atoms with van der Waals surface area (Å²) < 4.78 is 25.3. The Morgan fingerprint density at radius 3 is 2.27 bits per heavy atom. The number of rotatable bonds is 5. The Morgan fingerprint density at radius 1 is 1.20 bits per heavy atom. The summed E-state index contributed by atoms with van der Waals surface area (Å²) in [5.41, 5.74) is 0. The second-order valence-corrected chi connectivity index (χ2v) is 6.00. The zero-order valence-corrected chi connectivity index (χ0v) is 10.3. The second kappa shape index (κ2) is 5.82. The summed E-state index contributed by atoms with van der Waals surface area (Å²) in [5, 5.41) is 0. The maximum absolute atomic E-state index is 11.8. The normalized spacial score (nSPS) is 20.7. The standard InChI is InChI=1S/C10H21N2O2S/c1-3-5-10-15(13,14)12-8-6-11(4-2)7-9-12/h2-10H2,1H3. The molecule has 1 fully saturated rings. The molecular formula is C10H21N2O2S. The van der Waals surface area contributed by atoms with Crippen molar-refractivity contribution in [3.05, 3.63) is 6.92 Å². The van der Waals surface area contributed by atoms with Crippen molar-refractivity contribution >= 4 is 10.0 Å². The summed E-state index contributed by atoms with van der Waals surface area (Å²) in [5.74, 6) is 0.299. The predicted octanol–water partition coefficient (Wildman–Crippen LogP) is 0.568. The molecule has 0 atom stereocenters. The molecule has 1 aliphatic rings. The highest BCUT2D eigenvalue weighted by molar-refractivity contribution is 7.89. The van der Waals surface area contributed by atoms with Crippen molar-refractivity contribution in [3.63, 3.8) is 0 Å². The van der Waals surface area contributed by atoms with Crippen LogP contribution in [0.4, 0.5) is 0 Å². The first-order valence-electron chi connectivity index (χ1n) is 5.59. The first-order chi connectivity index (χ1) is 7.10. The number of hydrogen-bond donors (Lipinski definition) is 0. The van der Waals surface area contributed by atoms with Gasteiger partial charge < -0.3 is 4.90 Å². The molecular weight excluding hydrogens is 212 g/mol. The van der Waals surface area contributed by atoms with Crippen molar-refractivity contribution in [2.75, 3.05) is 38.5 Å². The van der Waals surface area contributed by atoms with Crippen LogP contribution < -0.4 is 0 Å². The Bertz CT molecular complexity index is 269. The van der Waals surface area contributed by atoms with E-state index < -0.39 is 10.0 Å². The summed E-state index contributed by atoms with van der Waals surface area (Å²) in [6, 6.07) is 0. The minimum Gasteiger partial charge on any atom is -0.301 e. The van der Waals surface area contributed by atoms with Gasteiger partial charge in [0, 0.05) is 26.2 Å². The molecule has 0 N–H and O–H groups in total. The number of nitrogens with zero attached hydrogens (tertiary/aromatic N) is 2. The minimum absolute atomic E-state index is 0.299. The third-order valence-electron chi connectivity index (χ3n) is 2.80. The molecule has 0 aromatic carbocycles. The first-order valence-corrected chi connectivity index (χ1v) is 7.20. The fraction of sp³-hybridized carbons (Fsp3) is 0.900. The van der Waals surface area contributed by atoms with E-state index in [9.17, 15) is 8.42 Å². The van der Waals surface area contributed by atoms with E-state index in [1.807, 2.05) is 6.92 Å². The molecule has 0 aromatic rings. The molecule has 89 valence electrons. The van der Waals surface area contributed by atoms with Crippen LogP contribution >= 0.6 is 0 Å². The Balaban J connectivity index is 2.45. The van der Waals surface area contributed by atoms with E-state index in [1.54, 1.807) is 4.31 Å². The monoisotopic (exact) mass is 233 g/mol. The molecule has 15 heavy (non-hydrogen) atoms. The van der Waals surface area contributed by atoms with Gasteiger partial charge in [0.15, 0.2) is 0 Å². The molecule has 0 aromatic heterocycles. The smallest absolute Gasteiger partial charge is 0.214 e. The third-order valence-corrected chi connectivity index (χ3v) is 4.75. The van der Waals surface area contributed by atoms with Crippen LogP contribution in [0.1, 0.15) is 19.8 Å². The number of sulfonamides is 1. The van der Waals surface area contributed by atoms with Crippen molar-refractivity contribution in [3.8, 4) is 0 Å². The van der Waals surface area contributed by atoms with E-state index in [1.165, 1.54) is 0 Å². The fourth-order valence-corrected chi connectivity index (χ4v) is 3.32. The molecule has 0 unspecified atom stereocenters. The van der Waals surface area contributed by atoms with Crippen LogP contribution in [0, 0.1) is 6.92 Å². The molecule has 4 nitrogen and oxygen atoms in total. The van der Waals surface area contributed by atoms with Gasteiger partial charge in [0.25, 0.3) is 0 Å². The van der Waals surface area contributed by atoms with Crippen molar-refractivity contribution in [1.82, 2.24) is 9.21 Å². The molecule has 1 aliphatic heterocycles. The zero-order chi connectivity index (χ0) is 11.3. The first kappa shape index (κ1) is 12.9. The highest BCUT2D eigenvalue weighted by Gasteiger charge is 2.25. The van der Waals surface area contributed by atoms with E-state index in [0.717, 1.165) is 32.5 Å². The lowest BCUT2D eigenvalue weighted by Gasteiger charge is -2.33. The maximum atomic E-state index is 11.8. The molecule has 1 heterocycles. The molecule has 0 bridgehead atoms.